The summed E-state index contributed by atoms with van der Waals surface area (Å²) in [4.78, 5) is 12.6. The van der Waals surface area contributed by atoms with E-state index in [2.05, 4.69) is 52.8 Å². The van der Waals surface area contributed by atoms with E-state index in [1.165, 1.54) is 0 Å². The Hall–Kier alpha value is -0.219. The highest BCUT2D eigenvalue weighted by Crippen LogP contribution is 2.25. The van der Waals surface area contributed by atoms with Gasteiger partial charge >= 0.3 is 8.72 Å². The average molecular weight is 348 g/mol. The molecule has 124 valence electrons. The Kier molecular flexibility index (Phi) is 7.29. The predicted molar refractivity (Wildman–Crippen MR) is 97.3 cm³/mol. The molecule has 4 nitrogen and oxygen atoms in total. The van der Waals surface area contributed by atoms with Gasteiger partial charge in [0, 0.05) is 12.1 Å². The molecule has 0 rings (SSSR count). The Morgan fingerprint density at radius 3 is 1.62 bits per heavy atom. The molecule has 0 fully saturated rings. The van der Waals surface area contributed by atoms with Crippen LogP contribution in [0.5, 0.6) is 0 Å². The van der Waals surface area contributed by atoms with Gasteiger partial charge in [-0.25, -0.2) is 0 Å². The van der Waals surface area contributed by atoms with E-state index in [4.69, 9.17) is 8.23 Å². The van der Waals surface area contributed by atoms with Crippen molar-refractivity contribution < 1.29 is 13.0 Å². The van der Waals surface area contributed by atoms with Gasteiger partial charge in [0.05, 0.1) is 0 Å². The lowest BCUT2D eigenvalue weighted by Crippen LogP contribution is -2.65. The van der Waals surface area contributed by atoms with Crippen LogP contribution in [0.15, 0.2) is 12.2 Å². The normalized spacial score (nSPS) is 13.2. The van der Waals surface area contributed by atoms with Crippen LogP contribution in [0.3, 0.4) is 0 Å². The second-order valence-electron chi connectivity index (χ2n) is 7.56. The topological polar surface area (TPSA) is 38.8 Å². The van der Waals surface area contributed by atoms with E-state index in [0.717, 1.165) is 6.42 Å². The van der Waals surface area contributed by atoms with Crippen LogP contribution in [0.25, 0.3) is 0 Å². The molecule has 0 aromatic heterocycles. The van der Waals surface area contributed by atoms with Gasteiger partial charge in [-0.3, -0.25) is 4.79 Å². The lowest BCUT2D eigenvalue weighted by atomic mass is 10.3. The first-order valence-electron chi connectivity index (χ1n) is 7.59. The minimum atomic E-state index is -2.75. The summed E-state index contributed by atoms with van der Waals surface area (Å²) >= 11 is 0. The highest BCUT2D eigenvalue weighted by Gasteiger charge is 2.48. The lowest BCUT2D eigenvalue weighted by Gasteiger charge is -2.44. The fraction of sp³-hybridized carbons (Fsp3) is 0.786. The second-order valence-corrected chi connectivity index (χ2v) is 20.0. The van der Waals surface area contributed by atoms with Gasteiger partial charge in [0.2, 0.25) is 5.91 Å². The van der Waals surface area contributed by atoms with Gasteiger partial charge in [-0.1, -0.05) is 13.5 Å². The van der Waals surface area contributed by atoms with Crippen molar-refractivity contribution in [2.24, 2.45) is 0 Å². The summed E-state index contributed by atoms with van der Waals surface area (Å²) in [5.41, 5.74) is 0.542. The standard InChI is InChI=1S/C14H33NO3Si3/c1-11-12-15(14(16)13(2)3)21(10,17-19(4,5)6)18-20(7,8)9/h2,11-12H2,1,3-10H3. The fourth-order valence-corrected chi connectivity index (χ4v) is 13.9. The zero-order valence-electron chi connectivity index (χ0n) is 15.3. The zero-order valence-corrected chi connectivity index (χ0v) is 18.3. The Balaban J connectivity index is 5.69. The number of amides is 1. The molecule has 1 amide bonds. The van der Waals surface area contributed by atoms with E-state index in [-0.39, 0.29) is 5.91 Å². The molecule has 0 spiro atoms. The Labute approximate surface area is 134 Å². The first-order chi connectivity index (χ1) is 9.22. The van der Waals surface area contributed by atoms with E-state index < -0.39 is 25.4 Å². The molecule has 0 heterocycles. The fourth-order valence-electron chi connectivity index (χ4n) is 2.21. The largest absolute Gasteiger partial charge is 0.437 e. The van der Waals surface area contributed by atoms with Crippen molar-refractivity contribution in [1.29, 1.82) is 0 Å². The maximum atomic E-state index is 12.6. The van der Waals surface area contributed by atoms with Gasteiger partial charge in [0.25, 0.3) is 0 Å². The molecule has 0 unspecified atom stereocenters. The van der Waals surface area contributed by atoms with Crippen LogP contribution in [0.2, 0.25) is 45.8 Å². The molecule has 0 saturated heterocycles. The third-order valence-electron chi connectivity index (χ3n) is 2.54. The minimum absolute atomic E-state index is 0.0393. The summed E-state index contributed by atoms with van der Waals surface area (Å²) in [5.74, 6) is -0.0393. The first-order valence-corrected chi connectivity index (χ1v) is 16.7. The van der Waals surface area contributed by atoms with Crippen molar-refractivity contribution in [1.82, 2.24) is 4.57 Å². The maximum Gasteiger partial charge on any atom is 0.437 e. The van der Waals surface area contributed by atoms with E-state index in [1.54, 1.807) is 6.92 Å². The SMILES string of the molecule is C=C(C)C(=O)N(CCC)[Si](C)(O[Si](C)(C)C)O[Si](C)(C)C. The van der Waals surface area contributed by atoms with Gasteiger partial charge in [0.15, 0.2) is 16.6 Å². The summed E-state index contributed by atoms with van der Waals surface area (Å²) in [6, 6.07) is 0. The van der Waals surface area contributed by atoms with Crippen molar-refractivity contribution in [2.75, 3.05) is 6.54 Å². The molecule has 0 aliphatic rings. The molecule has 0 aliphatic heterocycles. The molecular weight excluding hydrogens is 314 g/mol. The smallest absolute Gasteiger partial charge is 0.421 e. The van der Waals surface area contributed by atoms with Gasteiger partial charge in [0.1, 0.15) is 0 Å². The molecule has 0 N–H and O–H groups in total. The minimum Gasteiger partial charge on any atom is -0.421 e. The molecule has 0 aliphatic carbocycles. The predicted octanol–water partition coefficient (Wildman–Crippen LogP) is 4.07. The molecule has 0 saturated carbocycles. The number of hydrogen-bond acceptors (Lipinski definition) is 3. The van der Waals surface area contributed by atoms with Gasteiger partial charge in [-0.2, -0.15) is 0 Å². The Morgan fingerprint density at radius 2 is 1.38 bits per heavy atom. The highest BCUT2D eigenvalue weighted by atomic mass is 28.5. The molecular formula is C14H33NO3Si3. The number of carbonyl (C=O) groups is 1. The quantitative estimate of drug-likeness (QED) is 0.491. The van der Waals surface area contributed by atoms with E-state index in [0.29, 0.717) is 12.1 Å². The van der Waals surface area contributed by atoms with Crippen molar-refractivity contribution in [2.45, 2.75) is 66.1 Å². The van der Waals surface area contributed by atoms with Crippen LogP contribution in [-0.2, 0) is 13.0 Å². The number of carbonyl (C=O) groups excluding carboxylic acids is 1. The molecule has 7 heteroatoms. The molecule has 0 aromatic carbocycles. The van der Waals surface area contributed by atoms with Crippen LogP contribution < -0.4 is 0 Å². The maximum absolute atomic E-state index is 12.6. The number of rotatable bonds is 8. The van der Waals surface area contributed by atoms with Crippen molar-refractivity contribution in [3.8, 4) is 0 Å². The van der Waals surface area contributed by atoms with Crippen LogP contribution in [-0.4, -0.2) is 42.4 Å². The van der Waals surface area contributed by atoms with Crippen LogP contribution >= 0.6 is 0 Å². The molecule has 0 bridgehead atoms. The number of hydrogen-bond donors (Lipinski definition) is 0. The van der Waals surface area contributed by atoms with Crippen LogP contribution in [0.1, 0.15) is 20.3 Å². The molecule has 0 radical (unpaired) electrons. The summed E-state index contributed by atoms with van der Waals surface area (Å²) < 4.78 is 14.7. The highest BCUT2D eigenvalue weighted by molar-refractivity contribution is 6.87. The molecule has 0 aromatic rings. The summed E-state index contributed by atoms with van der Waals surface area (Å²) in [6.07, 6.45) is 0.881. The summed E-state index contributed by atoms with van der Waals surface area (Å²) in [5, 5.41) is 0. The zero-order chi connectivity index (χ0) is 17.1. The Bertz CT molecular complexity index is 370. The van der Waals surface area contributed by atoms with Gasteiger partial charge in [-0.05, 0) is 59.2 Å². The van der Waals surface area contributed by atoms with Gasteiger partial charge < -0.3 is 12.8 Å². The van der Waals surface area contributed by atoms with E-state index in [1.807, 2.05) is 11.1 Å². The summed E-state index contributed by atoms with van der Waals surface area (Å²) in [6.45, 7) is 23.1. The van der Waals surface area contributed by atoms with Gasteiger partial charge in [-0.15, -0.1) is 0 Å². The third kappa shape index (κ3) is 7.55. The Morgan fingerprint density at radius 1 is 1.00 bits per heavy atom. The van der Waals surface area contributed by atoms with Crippen LogP contribution in [0.4, 0.5) is 0 Å². The first kappa shape index (κ1) is 20.8. The molecule has 0 atom stereocenters. The van der Waals surface area contributed by atoms with Crippen molar-refractivity contribution >= 4 is 31.3 Å². The summed E-state index contributed by atoms with van der Waals surface area (Å²) in [7, 11) is -6.41. The lowest BCUT2D eigenvalue weighted by molar-refractivity contribution is -0.124. The monoisotopic (exact) mass is 347 g/mol. The van der Waals surface area contributed by atoms with Crippen LogP contribution in [0, 0.1) is 0 Å². The average Bonchev–Trinajstić information content (AvgIpc) is 2.18. The van der Waals surface area contributed by atoms with Crippen molar-refractivity contribution in [3.05, 3.63) is 12.2 Å². The molecule has 21 heavy (non-hydrogen) atoms. The van der Waals surface area contributed by atoms with Crippen molar-refractivity contribution in [3.63, 3.8) is 0 Å². The van der Waals surface area contributed by atoms with E-state index in [9.17, 15) is 4.79 Å². The third-order valence-corrected chi connectivity index (χ3v) is 11.9. The van der Waals surface area contributed by atoms with E-state index >= 15 is 0 Å². The second kappa shape index (κ2) is 7.36. The number of nitrogens with zero attached hydrogens (tertiary/aromatic N) is 1.